The van der Waals surface area contributed by atoms with Gasteiger partial charge in [-0.3, -0.25) is 0 Å². The van der Waals surface area contributed by atoms with Crippen LogP contribution < -0.4 is 0 Å². The number of hydrogen-bond donors (Lipinski definition) is 0. The summed E-state index contributed by atoms with van der Waals surface area (Å²) in [5, 5.41) is 0. The highest BCUT2D eigenvalue weighted by Crippen LogP contribution is 2.39. The summed E-state index contributed by atoms with van der Waals surface area (Å²) in [5.74, 6) is 0.539. The summed E-state index contributed by atoms with van der Waals surface area (Å²) in [7, 11) is 0. The van der Waals surface area contributed by atoms with Gasteiger partial charge >= 0.3 is 0 Å². The second-order valence-corrected chi connectivity index (χ2v) is 4.20. The van der Waals surface area contributed by atoms with Crippen molar-refractivity contribution in [1.29, 1.82) is 0 Å². The zero-order chi connectivity index (χ0) is 10.8. The lowest BCUT2D eigenvalue weighted by molar-refractivity contribution is 0.653. The van der Waals surface area contributed by atoms with E-state index in [2.05, 4.69) is 50.1 Å². The normalized spacial score (nSPS) is 18.3. The summed E-state index contributed by atoms with van der Waals surface area (Å²) < 4.78 is 0. The van der Waals surface area contributed by atoms with Crippen molar-refractivity contribution in [2.24, 2.45) is 0 Å². The van der Waals surface area contributed by atoms with Gasteiger partial charge in [0.25, 0.3) is 0 Å². The van der Waals surface area contributed by atoms with Gasteiger partial charge in [-0.1, -0.05) is 50.1 Å². The molecule has 0 N–H and O–H groups in total. The van der Waals surface area contributed by atoms with E-state index >= 15 is 0 Å². The van der Waals surface area contributed by atoms with Gasteiger partial charge in [0.1, 0.15) is 0 Å². The summed E-state index contributed by atoms with van der Waals surface area (Å²) in [6.07, 6.45) is 2.03. The van der Waals surface area contributed by atoms with Crippen LogP contribution in [0.5, 0.6) is 0 Å². The minimum absolute atomic E-state index is 0.539. The monoisotopic (exact) mass is 196 g/mol. The Bertz CT molecular complexity index is 389. The van der Waals surface area contributed by atoms with Gasteiger partial charge in [-0.25, -0.2) is 0 Å². The van der Waals surface area contributed by atoms with Crippen LogP contribution >= 0.6 is 0 Å². The minimum atomic E-state index is 0.539. The molecule has 0 unspecified atom stereocenters. The van der Waals surface area contributed by atoms with Crippen LogP contribution in [0.2, 0.25) is 0 Å². The Labute approximate surface area is 91.6 Å². The number of hydrogen-bond acceptors (Lipinski definition) is 0. The van der Waals surface area contributed by atoms with Crippen LogP contribution in [0.4, 0.5) is 0 Å². The first-order chi connectivity index (χ1) is 7.18. The van der Waals surface area contributed by atoms with Crippen molar-refractivity contribution in [1.82, 2.24) is 0 Å². The molecule has 1 aliphatic rings. The molecule has 0 heterocycles. The summed E-state index contributed by atoms with van der Waals surface area (Å²) in [4.78, 5) is 0. The van der Waals surface area contributed by atoms with Crippen molar-refractivity contribution in [3.8, 4) is 0 Å². The zero-order valence-corrected chi connectivity index (χ0v) is 9.00. The molecule has 1 aromatic carbocycles. The fourth-order valence-corrected chi connectivity index (χ4v) is 2.12. The van der Waals surface area contributed by atoms with Gasteiger partial charge in [0.2, 0.25) is 0 Å². The van der Waals surface area contributed by atoms with Crippen LogP contribution in [-0.2, 0) is 0 Å². The maximum absolute atomic E-state index is 4.06. The zero-order valence-electron chi connectivity index (χ0n) is 9.00. The molecule has 0 heteroatoms. The second kappa shape index (κ2) is 3.90. The van der Waals surface area contributed by atoms with Gasteiger partial charge in [0, 0.05) is 0 Å². The summed E-state index contributed by atoms with van der Waals surface area (Å²) in [6.45, 7) is 12.1. The molecule has 1 fully saturated rings. The maximum Gasteiger partial charge on any atom is -0.00810 e. The summed E-state index contributed by atoms with van der Waals surface area (Å²) in [6, 6.07) is 10.6. The van der Waals surface area contributed by atoms with E-state index in [-0.39, 0.29) is 0 Å². The molecule has 2 rings (SSSR count). The molecule has 0 aromatic heterocycles. The van der Waals surface area contributed by atoms with Crippen molar-refractivity contribution in [3.05, 3.63) is 72.4 Å². The molecule has 0 amide bonds. The third-order valence-corrected chi connectivity index (χ3v) is 3.11. The number of allylic oxidation sites excluding steroid dienone is 3. The minimum Gasteiger partial charge on any atom is -0.0952 e. The lowest BCUT2D eigenvalue weighted by Gasteiger charge is -2.27. The highest BCUT2D eigenvalue weighted by Gasteiger charge is 2.22. The fourth-order valence-electron chi connectivity index (χ4n) is 2.12. The van der Waals surface area contributed by atoms with E-state index in [4.69, 9.17) is 0 Å². The van der Waals surface area contributed by atoms with Gasteiger partial charge < -0.3 is 0 Å². The Morgan fingerprint density at radius 2 is 1.40 bits per heavy atom. The van der Waals surface area contributed by atoms with Crippen LogP contribution in [0.25, 0.3) is 0 Å². The molecule has 0 bridgehead atoms. The first-order valence-corrected chi connectivity index (χ1v) is 5.28. The molecule has 76 valence electrons. The highest BCUT2D eigenvalue weighted by atomic mass is 14.3. The Morgan fingerprint density at radius 3 is 1.93 bits per heavy atom. The van der Waals surface area contributed by atoms with E-state index in [1.807, 2.05) is 0 Å². The van der Waals surface area contributed by atoms with E-state index in [9.17, 15) is 0 Å². The molecule has 1 aromatic rings. The molecule has 0 aliphatic heterocycles. The highest BCUT2D eigenvalue weighted by molar-refractivity contribution is 5.47. The van der Waals surface area contributed by atoms with Crippen LogP contribution in [0.1, 0.15) is 24.3 Å². The van der Waals surface area contributed by atoms with Crippen molar-refractivity contribution < 1.29 is 0 Å². The Kier molecular flexibility index (Phi) is 2.59. The molecular weight excluding hydrogens is 180 g/mol. The quantitative estimate of drug-likeness (QED) is 0.630. The Hall–Kier alpha value is -1.56. The van der Waals surface area contributed by atoms with Crippen molar-refractivity contribution in [3.63, 3.8) is 0 Å². The Morgan fingerprint density at radius 1 is 0.867 bits per heavy atom. The van der Waals surface area contributed by atoms with Crippen LogP contribution in [0.3, 0.4) is 0 Å². The largest absolute Gasteiger partial charge is 0.0952 e. The number of rotatable bonds is 1. The van der Waals surface area contributed by atoms with Crippen molar-refractivity contribution in [2.45, 2.75) is 18.8 Å². The van der Waals surface area contributed by atoms with Gasteiger partial charge in [-0.05, 0) is 41.0 Å². The van der Waals surface area contributed by atoms with Gasteiger partial charge in [0.05, 0.1) is 0 Å². The molecule has 1 aliphatic carbocycles. The van der Waals surface area contributed by atoms with E-state index in [1.54, 1.807) is 0 Å². The van der Waals surface area contributed by atoms with Gasteiger partial charge in [-0.15, -0.1) is 0 Å². The smallest absolute Gasteiger partial charge is 0.00810 e. The second-order valence-electron chi connectivity index (χ2n) is 4.20. The molecule has 15 heavy (non-hydrogen) atoms. The average Bonchev–Trinajstić information content (AvgIpc) is 2.26. The van der Waals surface area contributed by atoms with Gasteiger partial charge in [-0.2, -0.15) is 0 Å². The van der Waals surface area contributed by atoms with E-state index in [0.717, 1.165) is 29.6 Å². The van der Waals surface area contributed by atoms with E-state index in [0.29, 0.717) is 5.92 Å². The summed E-state index contributed by atoms with van der Waals surface area (Å²) >= 11 is 0. The van der Waals surface area contributed by atoms with Gasteiger partial charge in [0.15, 0.2) is 0 Å². The van der Waals surface area contributed by atoms with E-state index in [1.165, 1.54) is 5.56 Å². The Balaban J connectivity index is 2.23. The van der Waals surface area contributed by atoms with Crippen LogP contribution in [-0.4, -0.2) is 0 Å². The molecule has 0 atom stereocenters. The molecule has 1 saturated carbocycles. The maximum atomic E-state index is 4.06. The standard InChI is InChI=1S/C15H16/c1-11-9-15(10-12(2)13(11)3)14-7-5-4-6-8-14/h4-8,15H,1-3,9-10H2. The van der Waals surface area contributed by atoms with Crippen LogP contribution in [0.15, 0.2) is 66.8 Å². The predicted octanol–water partition coefficient (Wildman–Crippen LogP) is 4.23. The predicted molar refractivity (Wildman–Crippen MR) is 65.8 cm³/mol. The lowest BCUT2D eigenvalue weighted by atomic mass is 9.77. The van der Waals surface area contributed by atoms with E-state index < -0.39 is 0 Å². The molecule has 0 saturated heterocycles. The van der Waals surface area contributed by atoms with Crippen molar-refractivity contribution in [2.75, 3.05) is 0 Å². The topological polar surface area (TPSA) is 0 Å². The number of benzene rings is 1. The SMILES string of the molecule is C=C1CC(c2ccccc2)CC(=C)C1=C. The molecular formula is C15H16. The third kappa shape index (κ3) is 1.94. The third-order valence-electron chi connectivity index (χ3n) is 3.11. The molecule has 0 radical (unpaired) electrons. The molecule has 0 spiro atoms. The average molecular weight is 196 g/mol. The van der Waals surface area contributed by atoms with Crippen molar-refractivity contribution >= 4 is 0 Å². The summed E-state index contributed by atoms with van der Waals surface area (Å²) in [5.41, 5.74) is 4.72. The lowest BCUT2D eigenvalue weighted by Crippen LogP contribution is -2.10. The fraction of sp³-hybridized carbons (Fsp3) is 0.200. The van der Waals surface area contributed by atoms with Crippen LogP contribution in [0, 0.1) is 0 Å². The first kappa shape index (κ1) is 9.97. The molecule has 0 nitrogen and oxygen atoms in total. The first-order valence-electron chi connectivity index (χ1n) is 5.28.